The summed E-state index contributed by atoms with van der Waals surface area (Å²) in [6.45, 7) is 5.33. The Kier molecular flexibility index (Phi) is 8.10. The summed E-state index contributed by atoms with van der Waals surface area (Å²) >= 11 is 0. The van der Waals surface area contributed by atoms with Crippen LogP contribution in [-0.2, 0) is 22.2 Å². The zero-order chi connectivity index (χ0) is 22.4. The molecule has 1 aromatic heterocycles. The number of aryl methyl sites for hydroxylation is 1. The fourth-order valence-corrected chi connectivity index (χ4v) is 3.48. The van der Waals surface area contributed by atoms with Crippen LogP contribution in [0.4, 0.5) is 13.2 Å². The van der Waals surface area contributed by atoms with Gasteiger partial charge in [-0.3, -0.25) is 9.79 Å². The molecule has 1 aromatic rings. The molecule has 0 spiro atoms. The first-order valence-electron chi connectivity index (χ1n) is 10.1. The number of carbonyl (C=O) groups excluding carboxylic acids is 1. The van der Waals surface area contributed by atoms with Crippen LogP contribution in [0, 0.1) is 5.92 Å². The number of hydrogen-bond donors (Lipinski definition) is 2. The average Bonchev–Trinajstić information content (AvgIpc) is 3.13. The summed E-state index contributed by atoms with van der Waals surface area (Å²) in [7, 11) is 1.40. The second-order valence-electron chi connectivity index (χ2n) is 7.22. The van der Waals surface area contributed by atoms with Gasteiger partial charge < -0.3 is 24.6 Å². The van der Waals surface area contributed by atoms with Crippen molar-refractivity contribution in [2.75, 3.05) is 32.8 Å². The second-order valence-corrected chi connectivity index (χ2v) is 7.22. The van der Waals surface area contributed by atoms with Gasteiger partial charge in [0.2, 0.25) is 5.60 Å². The van der Waals surface area contributed by atoms with Gasteiger partial charge in [0.15, 0.2) is 5.96 Å². The normalized spacial score (nSPS) is 18.2. The number of nitrogens with zero attached hydrogens (tertiary/aromatic N) is 4. The van der Waals surface area contributed by atoms with Gasteiger partial charge in [-0.15, -0.1) is 0 Å². The van der Waals surface area contributed by atoms with Crippen molar-refractivity contribution in [2.24, 2.45) is 18.0 Å². The molecule has 0 radical (unpaired) electrons. The average molecular weight is 433 g/mol. The Morgan fingerprint density at radius 2 is 2.03 bits per heavy atom. The highest BCUT2D eigenvalue weighted by Crippen LogP contribution is 2.40. The van der Waals surface area contributed by atoms with Crippen LogP contribution >= 0.6 is 0 Å². The number of carbonyl (C=O) groups is 1. The number of aliphatic imine (C=N–C) groups is 1. The third-order valence-corrected chi connectivity index (χ3v) is 5.14. The largest absolute Gasteiger partial charge is 0.466 e. The SMILES string of the molecule is CCNC(=NCCC(O)(c1nccn1C)C(F)(F)F)N1CCC(C(=O)OCC)CC1. The number of hydrogen-bond acceptors (Lipinski definition) is 5. The Morgan fingerprint density at radius 1 is 1.37 bits per heavy atom. The Balaban J connectivity index is 2.07. The summed E-state index contributed by atoms with van der Waals surface area (Å²) in [4.78, 5) is 21.8. The van der Waals surface area contributed by atoms with Crippen molar-refractivity contribution in [3.63, 3.8) is 0 Å². The van der Waals surface area contributed by atoms with E-state index in [0.717, 1.165) is 4.57 Å². The van der Waals surface area contributed by atoms with Crippen LogP contribution < -0.4 is 5.32 Å². The van der Waals surface area contributed by atoms with Crippen molar-refractivity contribution < 1.29 is 27.8 Å². The van der Waals surface area contributed by atoms with Gasteiger partial charge in [-0.25, -0.2) is 4.98 Å². The van der Waals surface area contributed by atoms with Gasteiger partial charge >= 0.3 is 12.1 Å². The van der Waals surface area contributed by atoms with Crippen LogP contribution in [0.5, 0.6) is 0 Å². The zero-order valence-corrected chi connectivity index (χ0v) is 17.6. The van der Waals surface area contributed by atoms with Gasteiger partial charge in [-0.2, -0.15) is 13.2 Å². The Hall–Kier alpha value is -2.30. The number of alkyl halides is 3. The molecule has 0 aliphatic carbocycles. The number of likely N-dealkylation sites (tertiary alicyclic amines) is 1. The molecule has 1 fully saturated rings. The number of nitrogens with one attached hydrogen (secondary N) is 1. The predicted molar refractivity (Wildman–Crippen MR) is 105 cm³/mol. The topological polar surface area (TPSA) is 92.0 Å². The van der Waals surface area contributed by atoms with Crippen molar-refractivity contribution in [3.8, 4) is 0 Å². The van der Waals surface area contributed by atoms with Crippen LogP contribution in [0.3, 0.4) is 0 Å². The molecule has 8 nitrogen and oxygen atoms in total. The lowest BCUT2D eigenvalue weighted by atomic mass is 9.97. The second kappa shape index (κ2) is 10.1. The van der Waals surface area contributed by atoms with Gasteiger partial charge in [0, 0.05) is 52.0 Å². The summed E-state index contributed by atoms with van der Waals surface area (Å²) in [5.74, 6) is -0.401. The summed E-state index contributed by atoms with van der Waals surface area (Å²) in [6.07, 6.45) is -1.81. The molecular weight excluding hydrogens is 403 g/mol. The Morgan fingerprint density at radius 3 is 2.53 bits per heavy atom. The molecule has 1 aliphatic heterocycles. The number of halogens is 3. The third-order valence-electron chi connectivity index (χ3n) is 5.14. The quantitative estimate of drug-likeness (QED) is 0.387. The molecule has 0 saturated carbocycles. The van der Waals surface area contributed by atoms with E-state index >= 15 is 0 Å². The van der Waals surface area contributed by atoms with E-state index in [1.54, 1.807) is 6.92 Å². The third kappa shape index (κ3) is 5.44. The fraction of sp³-hybridized carbons (Fsp3) is 0.737. The molecular formula is C19H30F3N5O3. The molecule has 170 valence electrons. The van der Waals surface area contributed by atoms with E-state index in [-0.39, 0.29) is 18.4 Å². The van der Waals surface area contributed by atoms with E-state index in [2.05, 4.69) is 15.3 Å². The standard InChI is InChI=1S/C19H30F3N5O3/c1-4-23-17(27-11-6-14(7-12-27)15(28)30-5-2)25-9-8-18(29,19(20,21)22)16-24-10-13-26(16)3/h10,13-14,29H,4-9,11-12H2,1-3H3,(H,23,25). The first kappa shape index (κ1) is 24.0. The highest BCUT2D eigenvalue weighted by atomic mass is 19.4. The summed E-state index contributed by atoms with van der Waals surface area (Å²) < 4.78 is 47.1. The molecule has 1 aliphatic rings. The summed E-state index contributed by atoms with van der Waals surface area (Å²) in [5.41, 5.74) is -3.09. The first-order valence-corrected chi connectivity index (χ1v) is 10.1. The molecule has 1 saturated heterocycles. The minimum Gasteiger partial charge on any atom is -0.466 e. The van der Waals surface area contributed by atoms with E-state index in [9.17, 15) is 23.1 Å². The molecule has 0 aromatic carbocycles. The lowest BCUT2D eigenvalue weighted by Gasteiger charge is -2.33. The lowest BCUT2D eigenvalue weighted by Crippen LogP contribution is -2.47. The highest BCUT2D eigenvalue weighted by molar-refractivity contribution is 5.80. The number of aromatic nitrogens is 2. The number of piperidine rings is 1. The van der Waals surface area contributed by atoms with Crippen LogP contribution in [0.2, 0.25) is 0 Å². The van der Waals surface area contributed by atoms with Crippen molar-refractivity contribution in [1.29, 1.82) is 0 Å². The maximum Gasteiger partial charge on any atom is 0.424 e. The molecule has 0 amide bonds. The van der Waals surface area contributed by atoms with Crippen LogP contribution in [-0.4, -0.2) is 70.4 Å². The smallest absolute Gasteiger partial charge is 0.424 e. The number of esters is 1. The molecule has 1 unspecified atom stereocenters. The van der Waals surface area contributed by atoms with Crippen molar-refractivity contribution in [3.05, 3.63) is 18.2 Å². The monoisotopic (exact) mass is 433 g/mol. The van der Waals surface area contributed by atoms with E-state index in [0.29, 0.717) is 45.0 Å². The number of aliphatic hydroxyl groups is 1. The van der Waals surface area contributed by atoms with Gasteiger partial charge in [-0.05, 0) is 26.7 Å². The molecule has 2 heterocycles. The number of guanidine groups is 1. The number of ether oxygens (including phenoxy) is 1. The van der Waals surface area contributed by atoms with Gasteiger partial charge in [0.1, 0.15) is 5.82 Å². The van der Waals surface area contributed by atoms with E-state index in [1.165, 1.54) is 19.4 Å². The lowest BCUT2D eigenvalue weighted by molar-refractivity contribution is -0.272. The molecule has 0 bridgehead atoms. The van der Waals surface area contributed by atoms with Crippen molar-refractivity contribution in [2.45, 2.75) is 44.9 Å². The van der Waals surface area contributed by atoms with Gasteiger partial charge in [0.05, 0.1) is 12.5 Å². The van der Waals surface area contributed by atoms with Crippen molar-refractivity contribution in [1.82, 2.24) is 19.8 Å². The van der Waals surface area contributed by atoms with Crippen molar-refractivity contribution >= 4 is 11.9 Å². The molecule has 2 rings (SSSR count). The minimum atomic E-state index is -4.89. The molecule has 1 atom stereocenters. The summed E-state index contributed by atoms with van der Waals surface area (Å²) in [5, 5.41) is 13.5. The van der Waals surface area contributed by atoms with Gasteiger partial charge in [-0.1, -0.05) is 0 Å². The summed E-state index contributed by atoms with van der Waals surface area (Å²) in [6, 6.07) is 0. The maximum absolute atomic E-state index is 13.6. The number of rotatable bonds is 7. The van der Waals surface area contributed by atoms with E-state index < -0.39 is 24.0 Å². The Bertz CT molecular complexity index is 729. The molecule has 11 heteroatoms. The molecule has 30 heavy (non-hydrogen) atoms. The zero-order valence-electron chi connectivity index (χ0n) is 17.6. The van der Waals surface area contributed by atoms with E-state index in [4.69, 9.17) is 4.74 Å². The maximum atomic E-state index is 13.6. The fourth-order valence-electron chi connectivity index (χ4n) is 3.48. The van der Waals surface area contributed by atoms with Crippen LogP contribution in [0.25, 0.3) is 0 Å². The first-order chi connectivity index (χ1) is 14.1. The van der Waals surface area contributed by atoms with Gasteiger partial charge in [0.25, 0.3) is 0 Å². The molecule has 2 N–H and O–H groups in total. The predicted octanol–water partition coefficient (Wildman–Crippen LogP) is 1.80. The van der Waals surface area contributed by atoms with Crippen LogP contribution in [0.1, 0.15) is 38.9 Å². The van der Waals surface area contributed by atoms with E-state index in [1.807, 2.05) is 11.8 Å². The highest BCUT2D eigenvalue weighted by Gasteiger charge is 2.57. The Labute approximate surface area is 174 Å². The number of imidazole rings is 1. The minimum absolute atomic E-state index is 0.178. The van der Waals surface area contributed by atoms with Crippen LogP contribution in [0.15, 0.2) is 17.4 Å².